The van der Waals surface area contributed by atoms with Crippen molar-refractivity contribution >= 4 is 17.6 Å². The predicted molar refractivity (Wildman–Crippen MR) is 99.3 cm³/mol. The maximum absolute atomic E-state index is 12.9. The summed E-state index contributed by atoms with van der Waals surface area (Å²) in [6, 6.07) is 4.60. The summed E-state index contributed by atoms with van der Waals surface area (Å²) < 4.78 is 24.0. The minimum atomic E-state index is -0.588. The Morgan fingerprint density at radius 3 is 2.57 bits per heavy atom. The second kappa shape index (κ2) is 9.81. The number of ether oxygens (including phenoxy) is 2. The first-order chi connectivity index (χ1) is 13.5. The van der Waals surface area contributed by atoms with Gasteiger partial charge in [-0.05, 0) is 37.1 Å². The van der Waals surface area contributed by atoms with Crippen molar-refractivity contribution in [2.75, 3.05) is 38.2 Å². The lowest BCUT2D eigenvalue weighted by molar-refractivity contribution is -0.143. The van der Waals surface area contributed by atoms with Crippen LogP contribution in [0.3, 0.4) is 0 Å². The number of hydrogen-bond donors (Lipinski definition) is 3. The molecule has 1 aromatic rings. The Bertz CT molecular complexity index is 666. The van der Waals surface area contributed by atoms with Crippen LogP contribution in [-0.2, 0) is 14.3 Å². The van der Waals surface area contributed by atoms with Gasteiger partial charge in [-0.25, -0.2) is 9.18 Å². The molecule has 0 spiro atoms. The van der Waals surface area contributed by atoms with Crippen LogP contribution in [0.2, 0.25) is 0 Å². The summed E-state index contributed by atoms with van der Waals surface area (Å²) in [7, 11) is 0. The monoisotopic (exact) mass is 395 g/mol. The van der Waals surface area contributed by atoms with E-state index in [0.29, 0.717) is 44.8 Å². The molecule has 3 amide bonds. The maximum Gasteiger partial charge on any atom is 0.319 e. The Morgan fingerprint density at radius 1 is 1.18 bits per heavy atom. The topological polar surface area (TPSA) is 100 Å². The van der Waals surface area contributed by atoms with Gasteiger partial charge in [0.05, 0.1) is 38.4 Å². The van der Waals surface area contributed by atoms with Crippen molar-refractivity contribution in [3.05, 3.63) is 30.1 Å². The summed E-state index contributed by atoms with van der Waals surface area (Å²) in [4.78, 5) is 26.3. The van der Waals surface area contributed by atoms with Crippen LogP contribution in [0.1, 0.15) is 19.3 Å². The summed E-state index contributed by atoms with van der Waals surface area (Å²) in [5.74, 6) is -0.366. The molecular weight excluding hydrogens is 369 g/mol. The van der Waals surface area contributed by atoms with Gasteiger partial charge >= 0.3 is 6.03 Å². The molecule has 28 heavy (non-hydrogen) atoms. The first-order valence-corrected chi connectivity index (χ1v) is 9.50. The zero-order chi connectivity index (χ0) is 19.9. The van der Waals surface area contributed by atoms with Crippen LogP contribution in [0, 0.1) is 5.82 Å². The summed E-state index contributed by atoms with van der Waals surface area (Å²) in [5.41, 5.74) is 0.463. The molecule has 1 aromatic carbocycles. The molecule has 9 heteroatoms. The molecule has 0 unspecified atom stereocenters. The van der Waals surface area contributed by atoms with E-state index in [0.717, 1.165) is 0 Å². The lowest BCUT2D eigenvalue weighted by Gasteiger charge is -2.37. The molecule has 0 aromatic heterocycles. The van der Waals surface area contributed by atoms with Crippen LogP contribution in [-0.4, -0.2) is 73.1 Å². The highest BCUT2D eigenvalue weighted by Gasteiger charge is 2.33. The number of halogens is 1. The zero-order valence-corrected chi connectivity index (χ0v) is 15.6. The minimum absolute atomic E-state index is 0.0189. The van der Waals surface area contributed by atoms with Crippen LogP contribution >= 0.6 is 0 Å². The summed E-state index contributed by atoms with van der Waals surface area (Å²) in [6.07, 6.45) is 0.572. The smallest absolute Gasteiger partial charge is 0.319 e. The SMILES string of the molecule is O=C(Nc1ccc(F)cc1)N[C@@H]1CC[C@@H](CC(=O)N2CCOCC2)O[C@H]1CO. The molecule has 154 valence electrons. The van der Waals surface area contributed by atoms with Gasteiger partial charge in [-0.3, -0.25) is 4.79 Å². The Kier molecular flexibility index (Phi) is 7.18. The van der Waals surface area contributed by atoms with E-state index in [9.17, 15) is 19.1 Å². The van der Waals surface area contributed by atoms with E-state index in [-0.39, 0.29) is 36.9 Å². The molecule has 0 bridgehead atoms. The van der Waals surface area contributed by atoms with Gasteiger partial charge in [-0.2, -0.15) is 0 Å². The van der Waals surface area contributed by atoms with E-state index in [4.69, 9.17) is 9.47 Å². The van der Waals surface area contributed by atoms with Crippen molar-refractivity contribution in [2.24, 2.45) is 0 Å². The van der Waals surface area contributed by atoms with Gasteiger partial charge < -0.3 is 30.1 Å². The predicted octanol–water partition coefficient (Wildman–Crippen LogP) is 1.10. The molecule has 3 N–H and O–H groups in total. The van der Waals surface area contributed by atoms with Crippen molar-refractivity contribution in [1.82, 2.24) is 10.2 Å². The van der Waals surface area contributed by atoms with Gasteiger partial charge in [0.1, 0.15) is 11.9 Å². The first kappa shape index (κ1) is 20.5. The largest absolute Gasteiger partial charge is 0.394 e. The number of morpholine rings is 1. The molecule has 2 fully saturated rings. The van der Waals surface area contributed by atoms with Crippen molar-refractivity contribution in [2.45, 2.75) is 37.5 Å². The summed E-state index contributed by atoms with van der Waals surface area (Å²) in [6.45, 7) is 2.01. The number of rotatable bonds is 5. The van der Waals surface area contributed by atoms with E-state index >= 15 is 0 Å². The number of carbonyl (C=O) groups excluding carboxylic acids is 2. The lowest BCUT2D eigenvalue weighted by atomic mass is 9.97. The van der Waals surface area contributed by atoms with Crippen molar-refractivity contribution in [3.63, 3.8) is 0 Å². The van der Waals surface area contributed by atoms with Gasteiger partial charge in [0, 0.05) is 18.8 Å². The highest BCUT2D eigenvalue weighted by atomic mass is 19.1. The number of nitrogens with zero attached hydrogens (tertiary/aromatic N) is 1. The number of nitrogens with one attached hydrogen (secondary N) is 2. The molecule has 8 nitrogen and oxygen atoms in total. The molecule has 2 aliphatic rings. The van der Waals surface area contributed by atoms with Crippen molar-refractivity contribution < 1.29 is 28.6 Å². The summed E-state index contributed by atoms with van der Waals surface area (Å²) >= 11 is 0. The van der Waals surface area contributed by atoms with Crippen molar-refractivity contribution in [1.29, 1.82) is 0 Å². The van der Waals surface area contributed by atoms with E-state index in [1.807, 2.05) is 0 Å². The van der Waals surface area contributed by atoms with Crippen LogP contribution < -0.4 is 10.6 Å². The molecule has 3 rings (SSSR count). The van der Waals surface area contributed by atoms with E-state index in [1.54, 1.807) is 4.90 Å². The average Bonchev–Trinajstić information content (AvgIpc) is 2.71. The quantitative estimate of drug-likeness (QED) is 0.693. The Labute approximate surface area is 163 Å². The number of carbonyl (C=O) groups is 2. The number of hydrogen-bond acceptors (Lipinski definition) is 5. The fourth-order valence-electron chi connectivity index (χ4n) is 3.45. The first-order valence-electron chi connectivity index (χ1n) is 9.50. The van der Waals surface area contributed by atoms with Crippen LogP contribution in [0.25, 0.3) is 0 Å². The molecule has 2 aliphatic heterocycles. The Morgan fingerprint density at radius 2 is 1.89 bits per heavy atom. The third kappa shape index (κ3) is 5.63. The fourth-order valence-corrected chi connectivity index (χ4v) is 3.45. The zero-order valence-electron chi connectivity index (χ0n) is 15.6. The van der Waals surface area contributed by atoms with E-state index < -0.39 is 12.1 Å². The second-order valence-corrected chi connectivity index (χ2v) is 6.97. The third-order valence-corrected chi connectivity index (χ3v) is 4.98. The van der Waals surface area contributed by atoms with E-state index in [1.165, 1.54) is 24.3 Å². The Balaban J connectivity index is 1.47. The number of amides is 3. The highest BCUT2D eigenvalue weighted by molar-refractivity contribution is 5.89. The maximum atomic E-state index is 12.9. The van der Waals surface area contributed by atoms with Gasteiger partial charge in [0.2, 0.25) is 5.91 Å². The van der Waals surface area contributed by atoms with Crippen LogP contribution in [0.4, 0.5) is 14.9 Å². The third-order valence-electron chi connectivity index (χ3n) is 4.98. The second-order valence-electron chi connectivity index (χ2n) is 6.97. The number of anilines is 1. The molecule has 2 heterocycles. The minimum Gasteiger partial charge on any atom is -0.394 e. The number of aliphatic hydroxyl groups is 1. The number of urea groups is 1. The highest BCUT2D eigenvalue weighted by Crippen LogP contribution is 2.23. The standard InChI is InChI=1S/C19H26FN3O5/c20-13-1-3-14(4-2-13)21-19(26)22-16-6-5-15(28-17(16)12-24)11-18(25)23-7-9-27-10-8-23/h1-4,15-17,24H,5-12H2,(H2,21,22,26)/t15-,16+,17-/m0/s1. The van der Waals surface area contributed by atoms with Gasteiger partial charge in [-0.15, -0.1) is 0 Å². The van der Waals surface area contributed by atoms with Gasteiger partial charge in [0.15, 0.2) is 0 Å². The molecule has 2 saturated heterocycles. The van der Waals surface area contributed by atoms with E-state index in [2.05, 4.69) is 10.6 Å². The number of aliphatic hydroxyl groups excluding tert-OH is 1. The molecule has 0 saturated carbocycles. The molecule has 3 atom stereocenters. The Hall–Kier alpha value is -2.23. The fraction of sp³-hybridized carbons (Fsp3) is 0.579. The number of benzene rings is 1. The summed E-state index contributed by atoms with van der Waals surface area (Å²) in [5, 5.41) is 15.0. The van der Waals surface area contributed by atoms with Crippen molar-refractivity contribution in [3.8, 4) is 0 Å². The normalized spacial score (nSPS) is 25.2. The molecule has 0 radical (unpaired) electrons. The van der Waals surface area contributed by atoms with Crippen LogP contribution in [0.5, 0.6) is 0 Å². The van der Waals surface area contributed by atoms with Gasteiger partial charge in [-0.1, -0.05) is 0 Å². The lowest BCUT2D eigenvalue weighted by Crippen LogP contribution is -2.52. The van der Waals surface area contributed by atoms with Crippen LogP contribution in [0.15, 0.2) is 24.3 Å². The molecule has 0 aliphatic carbocycles. The van der Waals surface area contributed by atoms with Gasteiger partial charge in [0.25, 0.3) is 0 Å². The molecular formula is C19H26FN3O5. The average molecular weight is 395 g/mol.